The molecule has 1 saturated carbocycles. The summed E-state index contributed by atoms with van der Waals surface area (Å²) in [6.45, 7) is 6.78. The summed E-state index contributed by atoms with van der Waals surface area (Å²) in [5, 5.41) is 12.7. The fourth-order valence-electron chi connectivity index (χ4n) is 3.46. The van der Waals surface area contributed by atoms with Crippen LogP contribution in [0, 0.1) is 0 Å². The van der Waals surface area contributed by atoms with Gasteiger partial charge in [0.15, 0.2) is 5.16 Å². The average molecular weight is 379 g/mol. The molecule has 1 heterocycles. The molecular formula is C20H34N4OS. The van der Waals surface area contributed by atoms with E-state index in [1.807, 2.05) is 6.08 Å². The van der Waals surface area contributed by atoms with Crippen LogP contribution in [-0.2, 0) is 17.8 Å². The van der Waals surface area contributed by atoms with Crippen molar-refractivity contribution >= 4 is 17.7 Å². The standard InChI is InChI=1S/C20H34N4OS/c1-3-5-6-7-11-14-18-22-23-20(24(18)15-4-2)26-16-19(25)21-17-12-9-8-10-13-17/h4,17H,2-3,5-16H2,1H3,(H,21,25). The summed E-state index contributed by atoms with van der Waals surface area (Å²) in [7, 11) is 0. The number of carbonyl (C=O) groups is 1. The maximum absolute atomic E-state index is 12.2. The summed E-state index contributed by atoms with van der Waals surface area (Å²) in [6.07, 6.45) is 15.0. The monoisotopic (exact) mass is 378 g/mol. The summed E-state index contributed by atoms with van der Waals surface area (Å²) >= 11 is 1.48. The van der Waals surface area contributed by atoms with Gasteiger partial charge in [0.05, 0.1) is 5.75 Å². The summed E-state index contributed by atoms with van der Waals surface area (Å²) in [4.78, 5) is 12.2. The quantitative estimate of drug-likeness (QED) is 0.330. The maximum atomic E-state index is 12.2. The van der Waals surface area contributed by atoms with Gasteiger partial charge in [0.1, 0.15) is 5.82 Å². The minimum Gasteiger partial charge on any atom is -0.353 e. The number of hydrogen-bond acceptors (Lipinski definition) is 4. The number of aromatic nitrogens is 3. The number of hydrogen-bond donors (Lipinski definition) is 1. The molecule has 1 aliphatic carbocycles. The third-order valence-electron chi connectivity index (χ3n) is 4.91. The molecule has 6 heteroatoms. The van der Waals surface area contributed by atoms with Crippen LogP contribution in [0.3, 0.4) is 0 Å². The van der Waals surface area contributed by atoms with Gasteiger partial charge in [-0.1, -0.05) is 69.7 Å². The van der Waals surface area contributed by atoms with Crippen LogP contribution in [0.1, 0.15) is 77.0 Å². The zero-order valence-electron chi connectivity index (χ0n) is 16.2. The van der Waals surface area contributed by atoms with Gasteiger partial charge in [0.2, 0.25) is 5.91 Å². The Kier molecular flexibility index (Phi) is 9.82. The lowest BCUT2D eigenvalue weighted by atomic mass is 9.95. The van der Waals surface area contributed by atoms with Crippen LogP contribution in [0.15, 0.2) is 17.8 Å². The highest BCUT2D eigenvalue weighted by Gasteiger charge is 2.17. The Hall–Kier alpha value is -1.30. The van der Waals surface area contributed by atoms with Crippen LogP contribution in [0.4, 0.5) is 0 Å². The van der Waals surface area contributed by atoms with Crippen molar-refractivity contribution in [2.45, 2.75) is 95.3 Å². The Morgan fingerprint density at radius 2 is 2.00 bits per heavy atom. The normalized spacial score (nSPS) is 15.1. The Balaban J connectivity index is 1.81. The second-order valence-electron chi connectivity index (χ2n) is 7.15. The van der Waals surface area contributed by atoms with Crippen molar-refractivity contribution in [1.29, 1.82) is 0 Å². The van der Waals surface area contributed by atoms with Gasteiger partial charge in [0.25, 0.3) is 0 Å². The van der Waals surface area contributed by atoms with Crippen molar-refractivity contribution in [3.8, 4) is 0 Å². The van der Waals surface area contributed by atoms with E-state index in [0.29, 0.717) is 18.3 Å². The highest BCUT2D eigenvalue weighted by molar-refractivity contribution is 7.99. The Morgan fingerprint density at radius 1 is 1.23 bits per heavy atom. The van der Waals surface area contributed by atoms with Gasteiger partial charge in [-0.05, 0) is 19.3 Å². The topological polar surface area (TPSA) is 59.8 Å². The lowest BCUT2D eigenvalue weighted by Crippen LogP contribution is -2.37. The summed E-state index contributed by atoms with van der Waals surface area (Å²) in [5.74, 6) is 1.52. The summed E-state index contributed by atoms with van der Waals surface area (Å²) in [6, 6.07) is 0.363. The van der Waals surface area contributed by atoms with Crippen LogP contribution in [0.5, 0.6) is 0 Å². The zero-order valence-corrected chi connectivity index (χ0v) is 17.0. The van der Waals surface area contributed by atoms with E-state index < -0.39 is 0 Å². The molecule has 0 radical (unpaired) electrons. The first-order chi connectivity index (χ1) is 12.7. The largest absolute Gasteiger partial charge is 0.353 e. The Bertz CT molecular complexity index is 552. The van der Waals surface area contributed by atoms with Gasteiger partial charge in [-0.3, -0.25) is 4.79 Å². The highest BCUT2D eigenvalue weighted by Crippen LogP contribution is 2.20. The van der Waals surface area contributed by atoms with Gasteiger partial charge >= 0.3 is 0 Å². The van der Waals surface area contributed by atoms with Crippen LogP contribution < -0.4 is 5.32 Å². The van der Waals surface area contributed by atoms with Crippen molar-refractivity contribution in [3.05, 3.63) is 18.5 Å². The van der Waals surface area contributed by atoms with E-state index in [0.717, 1.165) is 36.7 Å². The van der Waals surface area contributed by atoms with E-state index in [1.54, 1.807) is 0 Å². The molecule has 0 unspecified atom stereocenters. The third-order valence-corrected chi connectivity index (χ3v) is 5.88. The van der Waals surface area contributed by atoms with Crippen molar-refractivity contribution in [3.63, 3.8) is 0 Å². The zero-order chi connectivity index (χ0) is 18.6. The Labute approximate surface area is 162 Å². The van der Waals surface area contributed by atoms with Crippen molar-refractivity contribution < 1.29 is 4.79 Å². The molecule has 1 aliphatic rings. The molecule has 1 amide bonds. The van der Waals surface area contributed by atoms with Gasteiger partial charge in [-0.15, -0.1) is 16.8 Å². The van der Waals surface area contributed by atoms with Gasteiger partial charge < -0.3 is 9.88 Å². The van der Waals surface area contributed by atoms with E-state index in [2.05, 4.69) is 33.6 Å². The second-order valence-corrected chi connectivity index (χ2v) is 8.10. The summed E-state index contributed by atoms with van der Waals surface area (Å²) in [5.41, 5.74) is 0. The van der Waals surface area contributed by atoms with E-state index in [-0.39, 0.29) is 5.91 Å². The molecular weight excluding hydrogens is 344 g/mol. The van der Waals surface area contributed by atoms with Crippen LogP contribution in [0.2, 0.25) is 0 Å². The molecule has 1 N–H and O–H groups in total. The molecule has 26 heavy (non-hydrogen) atoms. The van der Waals surface area contributed by atoms with Crippen LogP contribution >= 0.6 is 11.8 Å². The van der Waals surface area contributed by atoms with Crippen molar-refractivity contribution in [2.24, 2.45) is 0 Å². The van der Waals surface area contributed by atoms with Gasteiger partial charge in [-0.2, -0.15) is 0 Å². The minimum absolute atomic E-state index is 0.108. The van der Waals surface area contributed by atoms with Crippen molar-refractivity contribution in [1.82, 2.24) is 20.1 Å². The third kappa shape index (κ3) is 7.14. The molecule has 0 spiro atoms. The molecule has 0 atom stereocenters. The second kappa shape index (κ2) is 12.2. The molecule has 0 aliphatic heterocycles. The molecule has 5 nitrogen and oxygen atoms in total. The molecule has 0 aromatic carbocycles. The number of nitrogens with zero attached hydrogens (tertiary/aromatic N) is 3. The lowest BCUT2D eigenvalue weighted by Gasteiger charge is -2.22. The first-order valence-corrected chi connectivity index (χ1v) is 11.2. The van der Waals surface area contributed by atoms with E-state index in [9.17, 15) is 4.79 Å². The molecule has 1 aromatic rings. The predicted octanol–water partition coefficient (Wildman–Crippen LogP) is 4.52. The van der Waals surface area contributed by atoms with Gasteiger partial charge in [-0.25, -0.2) is 0 Å². The molecule has 0 saturated heterocycles. The van der Waals surface area contributed by atoms with Crippen LogP contribution in [-0.4, -0.2) is 32.5 Å². The number of carbonyl (C=O) groups excluding carboxylic acids is 1. The van der Waals surface area contributed by atoms with E-state index >= 15 is 0 Å². The molecule has 1 fully saturated rings. The maximum Gasteiger partial charge on any atom is 0.230 e. The number of amides is 1. The summed E-state index contributed by atoms with van der Waals surface area (Å²) < 4.78 is 2.10. The van der Waals surface area contributed by atoms with E-state index in [4.69, 9.17) is 0 Å². The SMILES string of the molecule is C=CCn1c(CCCCCCC)nnc1SCC(=O)NC1CCCCC1. The van der Waals surface area contributed by atoms with Crippen molar-refractivity contribution in [2.75, 3.05) is 5.75 Å². The molecule has 1 aromatic heterocycles. The number of allylic oxidation sites excluding steroid dienone is 1. The minimum atomic E-state index is 0.108. The number of nitrogens with one attached hydrogen (secondary N) is 1. The first kappa shape index (κ1) is 21.0. The van der Waals surface area contributed by atoms with Crippen LogP contribution in [0.25, 0.3) is 0 Å². The predicted molar refractivity (Wildman–Crippen MR) is 108 cm³/mol. The number of aryl methyl sites for hydroxylation is 1. The number of thioether (sulfide) groups is 1. The number of rotatable bonds is 12. The van der Waals surface area contributed by atoms with Gasteiger partial charge in [0, 0.05) is 19.0 Å². The molecule has 2 rings (SSSR count). The highest BCUT2D eigenvalue weighted by atomic mass is 32.2. The molecule has 0 bridgehead atoms. The Morgan fingerprint density at radius 3 is 2.73 bits per heavy atom. The smallest absolute Gasteiger partial charge is 0.230 e. The first-order valence-electron chi connectivity index (χ1n) is 10.2. The number of unbranched alkanes of at least 4 members (excludes halogenated alkanes) is 4. The fourth-order valence-corrected chi connectivity index (χ4v) is 4.23. The lowest BCUT2D eigenvalue weighted by molar-refractivity contribution is -0.119. The molecule has 146 valence electrons. The van der Waals surface area contributed by atoms with E-state index in [1.165, 1.54) is 56.7 Å². The average Bonchev–Trinajstić information content (AvgIpc) is 3.03. The fraction of sp³-hybridized carbons (Fsp3) is 0.750.